The number of carbonyl (C=O) groups is 1. The smallest absolute Gasteiger partial charge is 0.178 e. The third kappa shape index (κ3) is 2.90. The Kier molecular flexibility index (Phi) is 5.01. The molecule has 0 heterocycles. The van der Waals surface area contributed by atoms with E-state index in [1.165, 1.54) is 24.8 Å². The Balaban J connectivity index is 1.64. The average Bonchev–Trinajstić information content (AvgIpc) is 3.00. The molecule has 3 saturated carbocycles. The zero-order chi connectivity index (χ0) is 20.3. The van der Waals surface area contributed by atoms with Gasteiger partial charge in [0.25, 0.3) is 0 Å². The number of hydrogen-bond donors (Lipinski definition) is 1. The van der Waals surface area contributed by atoms with Gasteiger partial charge in [-0.3, -0.25) is 4.79 Å². The van der Waals surface area contributed by atoms with Gasteiger partial charge in [0.05, 0.1) is 6.10 Å². The van der Waals surface area contributed by atoms with Crippen LogP contribution in [-0.2, 0) is 4.79 Å². The van der Waals surface area contributed by atoms with E-state index in [-0.39, 0.29) is 22.7 Å². The fourth-order valence-corrected chi connectivity index (χ4v) is 7.59. The highest BCUT2D eigenvalue weighted by Crippen LogP contribution is 2.66. The molecule has 4 aliphatic carbocycles. The highest BCUT2D eigenvalue weighted by molar-refractivity contribution is 6.01. The van der Waals surface area contributed by atoms with Crippen molar-refractivity contribution in [1.29, 1.82) is 0 Å². The molecular formula is C26H38O2. The molecule has 2 nitrogen and oxygen atoms in total. The fraction of sp³-hybridized carbons (Fsp3) is 0.731. The number of fused-ring (bicyclic) bond motifs is 5. The minimum absolute atomic E-state index is 0.0215. The van der Waals surface area contributed by atoms with E-state index >= 15 is 0 Å². The molecule has 0 aliphatic heterocycles. The van der Waals surface area contributed by atoms with Crippen LogP contribution in [0.15, 0.2) is 36.0 Å². The molecule has 0 aromatic rings. The minimum Gasteiger partial charge on any atom is -0.393 e. The molecule has 0 saturated heterocycles. The van der Waals surface area contributed by atoms with E-state index in [1.807, 2.05) is 6.08 Å². The Hall–Kier alpha value is -1.15. The maximum absolute atomic E-state index is 11.9. The van der Waals surface area contributed by atoms with Crippen molar-refractivity contribution >= 4 is 5.78 Å². The number of ketones is 1. The largest absolute Gasteiger partial charge is 0.393 e. The van der Waals surface area contributed by atoms with Gasteiger partial charge < -0.3 is 5.11 Å². The quantitative estimate of drug-likeness (QED) is 0.633. The predicted octanol–water partition coefficient (Wildman–Crippen LogP) is 5.73. The van der Waals surface area contributed by atoms with Gasteiger partial charge in [0.15, 0.2) is 5.78 Å². The summed E-state index contributed by atoms with van der Waals surface area (Å²) >= 11 is 0. The van der Waals surface area contributed by atoms with Crippen LogP contribution in [0.25, 0.3) is 0 Å². The molecule has 3 fully saturated rings. The number of hydrogen-bond acceptors (Lipinski definition) is 2. The zero-order valence-electron chi connectivity index (χ0n) is 18.3. The first-order chi connectivity index (χ1) is 13.2. The van der Waals surface area contributed by atoms with Crippen LogP contribution in [0.5, 0.6) is 0 Å². The van der Waals surface area contributed by atoms with E-state index in [2.05, 4.69) is 52.8 Å². The van der Waals surface area contributed by atoms with E-state index in [1.54, 1.807) is 6.08 Å². The molecule has 4 rings (SSSR count). The maximum Gasteiger partial charge on any atom is 0.178 e. The molecule has 0 radical (unpaired) electrons. The van der Waals surface area contributed by atoms with Crippen molar-refractivity contribution in [2.24, 2.45) is 46.3 Å². The standard InChI is InChI=1S/C26H38O2/c1-16(2)6-7-17(3)21-10-11-22-20-9-8-18-14-19(27)12-13-25(18,4)23(20)15-24(28)26(21,22)5/h6-7,12-14,16-17,20-24,28H,8-11,15H2,1-5H3/b7-6+/t17?,20?,21-,22?,23?,24-,25+,26-/m1/s1. The fourth-order valence-electron chi connectivity index (χ4n) is 7.59. The average molecular weight is 383 g/mol. The van der Waals surface area contributed by atoms with Gasteiger partial charge in [-0.2, -0.15) is 0 Å². The molecule has 8 atom stereocenters. The minimum atomic E-state index is -0.247. The molecule has 0 amide bonds. The first-order valence-corrected chi connectivity index (χ1v) is 11.5. The van der Waals surface area contributed by atoms with Crippen LogP contribution >= 0.6 is 0 Å². The van der Waals surface area contributed by atoms with Crippen molar-refractivity contribution in [1.82, 2.24) is 0 Å². The number of carbonyl (C=O) groups excluding carboxylic acids is 1. The first-order valence-electron chi connectivity index (χ1n) is 11.5. The summed E-state index contributed by atoms with van der Waals surface area (Å²) in [5.74, 6) is 3.54. The molecule has 154 valence electrons. The Bertz CT molecular complexity index is 729. The number of allylic oxidation sites excluding steroid dienone is 6. The van der Waals surface area contributed by atoms with Gasteiger partial charge in [0.2, 0.25) is 0 Å². The Morgan fingerprint density at radius 2 is 1.86 bits per heavy atom. The van der Waals surface area contributed by atoms with Crippen LogP contribution in [0.3, 0.4) is 0 Å². The van der Waals surface area contributed by atoms with Gasteiger partial charge in [-0.1, -0.05) is 58.4 Å². The van der Waals surface area contributed by atoms with Crippen LogP contribution in [0.1, 0.15) is 66.7 Å². The number of aliphatic hydroxyl groups excluding tert-OH is 1. The second kappa shape index (κ2) is 6.97. The van der Waals surface area contributed by atoms with Crippen LogP contribution in [-0.4, -0.2) is 17.0 Å². The van der Waals surface area contributed by atoms with E-state index < -0.39 is 0 Å². The molecule has 0 aromatic heterocycles. The third-order valence-corrected chi connectivity index (χ3v) is 9.17. The molecule has 1 N–H and O–H groups in total. The monoisotopic (exact) mass is 382 g/mol. The van der Waals surface area contributed by atoms with Crippen molar-refractivity contribution in [3.63, 3.8) is 0 Å². The van der Waals surface area contributed by atoms with Crippen LogP contribution in [0.4, 0.5) is 0 Å². The summed E-state index contributed by atoms with van der Waals surface area (Å²) in [5.41, 5.74) is 1.29. The highest BCUT2D eigenvalue weighted by Gasteiger charge is 2.62. The summed E-state index contributed by atoms with van der Waals surface area (Å²) < 4.78 is 0. The van der Waals surface area contributed by atoms with Crippen molar-refractivity contribution in [2.75, 3.05) is 0 Å². The van der Waals surface area contributed by atoms with E-state index in [4.69, 9.17) is 0 Å². The Morgan fingerprint density at radius 3 is 2.57 bits per heavy atom. The SMILES string of the molecule is CC(C)/C=C/C(C)[C@H]1CCC2C3CCC4=CC(=O)C=C[C@]4(C)C3C[C@@H](O)[C@@]21C. The summed E-state index contributed by atoms with van der Waals surface area (Å²) in [6.45, 7) is 11.5. The normalized spacial score (nSPS) is 46.3. The van der Waals surface area contributed by atoms with E-state index in [0.717, 1.165) is 12.8 Å². The third-order valence-electron chi connectivity index (χ3n) is 9.17. The lowest BCUT2D eigenvalue weighted by Crippen LogP contribution is -2.56. The van der Waals surface area contributed by atoms with Gasteiger partial charge >= 0.3 is 0 Å². The first kappa shape index (κ1) is 20.1. The molecule has 4 unspecified atom stereocenters. The van der Waals surface area contributed by atoms with E-state index in [9.17, 15) is 9.90 Å². The Morgan fingerprint density at radius 1 is 1.11 bits per heavy atom. The lowest BCUT2D eigenvalue weighted by Gasteiger charge is -2.59. The summed E-state index contributed by atoms with van der Waals surface area (Å²) in [4.78, 5) is 11.9. The van der Waals surface area contributed by atoms with Crippen LogP contribution < -0.4 is 0 Å². The lowest BCUT2D eigenvalue weighted by atomic mass is 9.46. The number of rotatable bonds is 3. The zero-order valence-corrected chi connectivity index (χ0v) is 18.3. The second-order valence-corrected chi connectivity index (χ2v) is 10.9. The predicted molar refractivity (Wildman–Crippen MR) is 115 cm³/mol. The van der Waals surface area contributed by atoms with Gasteiger partial charge in [-0.25, -0.2) is 0 Å². The maximum atomic E-state index is 11.9. The molecule has 0 bridgehead atoms. The lowest BCUT2D eigenvalue weighted by molar-refractivity contribution is -0.129. The van der Waals surface area contributed by atoms with Crippen molar-refractivity contribution in [2.45, 2.75) is 72.8 Å². The second-order valence-electron chi connectivity index (χ2n) is 10.9. The molecule has 0 spiro atoms. The van der Waals surface area contributed by atoms with Gasteiger partial charge in [-0.15, -0.1) is 0 Å². The van der Waals surface area contributed by atoms with Crippen LogP contribution in [0.2, 0.25) is 0 Å². The molecule has 0 aromatic carbocycles. The Labute approximate surface area is 171 Å². The van der Waals surface area contributed by atoms with Crippen molar-refractivity contribution in [3.05, 3.63) is 36.0 Å². The molecule has 2 heteroatoms. The summed E-state index contributed by atoms with van der Waals surface area (Å²) in [5, 5.41) is 11.5. The topological polar surface area (TPSA) is 37.3 Å². The molecular weight excluding hydrogens is 344 g/mol. The summed E-state index contributed by atoms with van der Waals surface area (Å²) in [6.07, 6.45) is 15.9. The summed E-state index contributed by atoms with van der Waals surface area (Å²) in [6, 6.07) is 0. The van der Waals surface area contributed by atoms with Gasteiger partial charge in [0, 0.05) is 5.41 Å². The molecule has 28 heavy (non-hydrogen) atoms. The van der Waals surface area contributed by atoms with Crippen LogP contribution in [0, 0.1) is 46.3 Å². The van der Waals surface area contributed by atoms with Gasteiger partial charge in [-0.05, 0) is 85.2 Å². The highest BCUT2D eigenvalue weighted by atomic mass is 16.3. The van der Waals surface area contributed by atoms with Gasteiger partial charge in [0.1, 0.15) is 0 Å². The van der Waals surface area contributed by atoms with Crippen molar-refractivity contribution < 1.29 is 9.90 Å². The number of aliphatic hydroxyl groups is 1. The van der Waals surface area contributed by atoms with E-state index in [0.29, 0.717) is 35.5 Å². The summed E-state index contributed by atoms with van der Waals surface area (Å²) in [7, 11) is 0. The van der Waals surface area contributed by atoms with Crippen molar-refractivity contribution in [3.8, 4) is 0 Å². The molecule has 4 aliphatic rings.